The molecule has 3 rings (SSSR count). The Balaban J connectivity index is 1.97. The van der Waals surface area contributed by atoms with Crippen molar-refractivity contribution in [3.05, 3.63) is 18.1 Å². The summed E-state index contributed by atoms with van der Waals surface area (Å²) < 4.78 is 1.84. The largest absolute Gasteiger partial charge is 0.352 e. The Morgan fingerprint density at radius 1 is 1.50 bits per heavy atom. The second kappa shape index (κ2) is 5.36. The average Bonchev–Trinajstić information content (AvgIpc) is 3.05. The van der Waals surface area contributed by atoms with Crippen LogP contribution in [0.4, 0.5) is 5.82 Å². The van der Waals surface area contributed by atoms with Crippen LogP contribution in [0.2, 0.25) is 0 Å². The predicted molar refractivity (Wildman–Crippen MR) is 79.0 cm³/mol. The first-order valence-corrected chi connectivity index (χ1v) is 7.32. The van der Waals surface area contributed by atoms with Crippen molar-refractivity contribution in [1.82, 2.24) is 24.9 Å². The minimum atomic E-state index is 0.409. The fraction of sp³-hybridized carbons (Fsp3) is 0.643. The molecular formula is C14H22N6. The Morgan fingerprint density at radius 3 is 3.05 bits per heavy atom. The van der Waals surface area contributed by atoms with E-state index in [1.165, 1.54) is 12.8 Å². The van der Waals surface area contributed by atoms with Gasteiger partial charge in [0.2, 0.25) is 0 Å². The number of aromatic nitrogens is 4. The molecule has 1 aliphatic rings. The molecule has 1 atom stereocenters. The van der Waals surface area contributed by atoms with Crippen LogP contribution in [-0.4, -0.2) is 44.8 Å². The molecule has 20 heavy (non-hydrogen) atoms. The summed E-state index contributed by atoms with van der Waals surface area (Å²) in [4.78, 5) is 11.0. The molecule has 108 valence electrons. The zero-order valence-electron chi connectivity index (χ0n) is 12.4. The summed E-state index contributed by atoms with van der Waals surface area (Å²) in [5, 5.41) is 7.88. The second-order valence-corrected chi connectivity index (χ2v) is 5.77. The Kier molecular flexibility index (Phi) is 3.56. The van der Waals surface area contributed by atoms with Crippen LogP contribution in [0.5, 0.6) is 0 Å². The van der Waals surface area contributed by atoms with Crippen molar-refractivity contribution in [2.75, 3.05) is 18.0 Å². The van der Waals surface area contributed by atoms with Crippen LogP contribution in [0.25, 0.3) is 5.78 Å². The lowest BCUT2D eigenvalue weighted by atomic mass is 10.2. The molecule has 0 bridgehead atoms. The van der Waals surface area contributed by atoms with Gasteiger partial charge >= 0.3 is 0 Å². The van der Waals surface area contributed by atoms with Gasteiger partial charge in [0.1, 0.15) is 12.1 Å². The Labute approximate surface area is 119 Å². The molecule has 3 heterocycles. The molecule has 1 unspecified atom stereocenters. The smallest absolute Gasteiger partial charge is 0.254 e. The van der Waals surface area contributed by atoms with Crippen molar-refractivity contribution < 1.29 is 0 Å². The number of fused-ring (bicyclic) bond motifs is 1. The maximum absolute atomic E-state index is 4.42. The maximum atomic E-state index is 4.42. The van der Waals surface area contributed by atoms with E-state index in [2.05, 4.69) is 45.2 Å². The van der Waals surface area contributed by atoms with Gasteiger partial charge in [-0.25, -0.2) is 4.98 Å². The molecule has 6 heteroatoms. The normalized spacial score (nSPS) is 19.1. The molecule has 0 saturated carbocycles. The average molecular weight is 274 g/mol. The van der Waals surface area contributed by atoms with Gasteiger partial charge in [0.15, 0.2) is 0 Å². The molecule has 1 N–H and O–H groups in total. The molecule has 1 fully saturated rings. The zero-order valence-corrected chi connectivity index (χ0v) is 12.4. The molecular weight excluding hydrogens is 252 g/mol. The van der Waals surface area contributed by atoms with Gasteiger partial charge in [-0.2, -0.15) is 14.6 Å². The van der Waals surface area contributed by atoms with E-state index in [1.807, 2.05) is 11.4 Å². The van der Waals surface area contributed by atoms with Crippen molar-refractivity contribution in [2.45, 2.75) is 45.7 Å². The number of anilines is 1. The molecule has 0 aliphatic carbocycles. The molecule has 1 saturated heterocycles. The van der Waals surface area contributed by atoms with Gasteiger partial charge in [0.05, 0.1) is 0 Å². The van der Waals surface area contributed by atoms with Crippen LogP contribution in [0.1, 0.15) is 32.4 Å². The van der Waals surface area contributed by atoms with Crippen molar-refractivity contribution in [2.24, 2.45) is 0 Å². The highest BCUT2D eigenvalue weighted by Crippen LogP contribution is 2.20. The van der Waals surface area contributed by atoms with Gasteiger partial charge in [0, 0.05) is 30.4 Å². The molecule has 2 aromatic heterocycles. The molecule has 1 aliphatic heterocycles. The van der Waals surface area contributed by atoms with E-state index in [1.54, 1.807) is 6.33 Å². The Bertz CT molecular complexity index is 584. The number of rotatable bonds is 4. The first-order chi connectivity index (χ1) is 9.65. The van der Waals surface area contributed by atoms with Gasteiger partial charge in [0.25, 0.3) is 5.78 Å². The van der Waals surface area contributed by atoms with Crippen LogP contribution in [0.3, 0.4) is 0 Å². The summed E-state index contributed by atoms with van der Waals surface area (Å²) in [7, 11) is 0. The molecule has 2 aromatic rings. The number of hydrogen-bond acceptors (Lipinski definition) is 5. The van der Waals surface area contributed by atoms with Gasteiger partial charge < -0.3 is 10.2 Å². The van der Waals surface area contributed by atoms with Gasteiger partial charge in [-0.15, -0.1) is 0 Å². The molecule has 0 amide bonds. The SMILES string of the molecule is Cc1cc(N(CC2CCCN2)C(C)C)n2ncnc2n1. The van der Waals surface area contributed by atoms with Crippen LogP contribution in [0, 0.1) is 6.92 Å². The summed E-state index contributed by atoms with van der Waals surface area (Å²) in [6.45, 7) is 8.56. The van der Waals surface area contributed by atoms with E-state index in [9.17, 15) is 0 Å². The lowest BCUT2D eigenvalue weighted by Gasteiger charge is -2.31. The highest BCUT2D eigenvalue weighted by Gasteiger charge is 2.22. The van der Waals surface area contributed by atoms with Crippen molar-refractivity contribution >= 4 is 11.6 Å². The third kappa shape index (κ3) is 2.47. The standard InChI is InChI=1S/C14H22N6/c1-10(2)19(8-12-5-4-6-15-12)13-7-11(3)18-14-16-9-17-20(13)14/h7,9-10,12,15H,4-6,8H2,1-3H3. The fourth-order valence-electron chi connectivity index (χ4n) is 2.83. The Hall–Kier alpha value is -1.69. The third-order valence-corrected chi connectivity index (χ3v) is 3.86. The van der Waals surface area contributed by atoms with Gasteiger partial charge in [-0.3, -0.25) is 0 Å². The predicted octanol–water partition coefficient (Wildman–Crippen LogP) is 1.40. The molecule has 0 aromatic carbocycles. The molecule has 0 spiro atoms. The molecule has 0 radical (unpaired) electrons. The van der Waals surface area contributed by atoms with Crippen molar-refractivity contribution in [1.29, 1.82) is 0 Å². The van der Waals surface area contributed by atoms with Gasteiger partial charge in [-0.1, -0.05) is 0 Å². The lowest BCUT2D eigenvalue weighted by molar-refractivity contribution is 0.544. The Morgan fingerprint density at radius 2 is 2.35 bits per heavy atom. The maximum Gasteiger partial charge on any atom is 0.254 e. The summed E-state index contributed by atoms with van der Waals surface area (Å²) in [6, 6.07) is 3.06. The van der Waals surface area contributed by atoms with Crippen LogP contribution < -0.4 is 10.2 Å². The zero-order chi connectivity index (χ0) is 14.1. The van der Waals surface area contributed by atoms with E-state index in [0.29, 0.717) is 17.9 Å². The van der Waals surface area contributed by atoms with Crippen molar-refractivity contribution in [3.63, 3.8) is 0 Å². The van der Waals surface area contributed by atoms with Gasteiger partial charge in [-0.05, 0) is 40.2 Å². The van der Waals surface area contributed by atoms with E-state index >= 15 is 0 Å². The summed E-state index contributed by atoms with van der Waals surface area (Å²) in [5.41, 5.74) is 0.977. The number of hydrogen-bond donors (Lipinski definition) is 1. The van der Waals surface area contributed by atoms with E-state index in [0.717, 1.165) is 24.6 Å². The highest BCUT2D eigenvalue weighted by molar-refractivity contribution is 5.48. The fourth-order valence-corrected chi connectivity index (χ4v) is 2.83. The van der Waals surface area contributed by atoms with E-state index < -0.39 is 0 Å². The summed E-state index contributed by atoms with van der Waals surface area (Å²) >= 11 is 0. The second-order valence-electron chi connectivity index (χ2n) is 5.77. The minimum Gasteiger partial charge on any atom is -0.352 e. The lowest BCUT2D eigenvalue weighted by Crippen LogP contribution is -2.42. The minimum absolute atomic E-state index is 0.409. The van der Waals surface area contributed by atoms with E-state index in [4.69, 9.17) is 0 Å². The number of nitrogens with one attached hydrogen (secondary N) is 1. The number of aryl methyl sites for hydroxylation is 1. The van der Waals surface area contributed by atoms with Crippen LogP contribution in [0.15, 0.2) is 12.4 Å². The van der Waals surface area contributed by atoms with Crippen LogP contribution >= 0.6 is 0 Å². The monoisotopic (exact) mass is 274 g/mol. The summed E-state index contributed by atoms with van der Waals surface area (Å²) in [6.07, 6.45) is 4.08. The van der Waals surface area contributed by atoms with E-state index in [-0.39, 0.29) is 0 Å². The van der Waals surface area contributed by atoms with Crippen molar-refractivity contribution in [3.8, 4) is 0 Å². The summed E-state index contributed by atoms with van der Waals surface area (Å²) in [5.74, 6) is 1.75. The highest BCUT2D eigenvalue weighted by atomic mass is 15.4. The first kappa shape index (κ1) is 13.3. The quantitative estimate of drug-likeness (QED) is 0.913. The molecule has 6 nitrogen and oxygen atoms in total. The first-order valence-electron chi connectivity index (χ1n) is 7.32. The third-order valence-electron chi connectivity index (χ3n) is 3.86. The topological polar surface area (TPSA) is 58.4 Å². The van der Waals surface area contributed by atoms with Crippen LogP contribution in [-0.2, 0) is 0 Å². The number of nitrogens with zero attached hydrogens (tertiary/aromatic N) is 5.